The second-order valence-electron chi connectivity index (χ2n) is 3.58. The van der Waals surface area contributed by atoms with Crippen molar-refractivity contribution in [2.75, 3.05) is 5.32 Å². The second kappa shape index (κ2) is 3.28. The molecule has 0 unspecified atom stereocenters. The molecule has 0 saturated heterocycles. The summed E-state index contributed by atoms with van der Waals surface area (Å²) in [4.78, 5) is 4.31. The van der Waals surface area contributed by atoms with Gasteiger partial charge < -0.3 is 5.32 Å². The van der Waals surface area contributed by atoms with Crippen molar-refractivity contribution in [1.82, 2.24) is 15.2 Å². The zero-order valence-corrected chi connectivity index (χ0v) is 8.04. The first kappa shape index (κ1) is 8.41. The topological polar surface area (TPSA) is 50.7 Å². The van der Waals surface area contributed by atoms with Crippen LogP contribution in [0.2, 0.25) is 0 Å². The van der Waals surface area contributed by atoms with E-state index in [0.29, 0.717) is 12.0 Å². The van der Waals surface area contributed by atoms with Gasteiger partial charge in [0.1, 0.15) is 0 Å². The maximum Gasteiger partial charge on any atom is 0.243 e. The Balaban J connectivity index is 2.07. The quantitative estimate of drug-likeness (QED) is 0.744. The summed E-state index contributed by atoms with van der Waals surface area (Å²) >= 11 is 0. The highest BCUT2D eigenvalue weighted by Gasteiger charge is 2.18. The lowest BCUT2D eigenvalue weighted by Crippen LogP contribution is -2.28. The van der Waals surface area contributed by atoms with Crippen molar-refractivity contribution >= 4 is 5.95 Å². The van der Waals surface area contributed by atoms with Crippen LogP contribution in [0.4, 0.5) is 5.95 Å². The minimum atomic E-state index is 0.573. The number of aromatic nitrogens is 3. The van der Waals surface area contributed by atoms with Gasteiger partial charge >= 0.3 is 0 Å². The van der Waals surface area contributed by atoms with Crippen LogP contribution in [-0.2, 0) is 0 Å². The molecule has 0 spiro atoms. The molecule has 2 rings (SSSR count). The molecule has 1 N–H and O–H groups in total. The molecule has 0 radical (unpaired) electrons. The lowest BCUT2D eigenvalue weighted by Gasteiger charge is -2.26. The molecule has 0 aliphatic heterocycles. The number of hydrogen-bond donors (Lipinski definition) is 1. The maximum atomic E-state index is 4.31. The minimum Gasteiger partial charge on any atom is -0.350 e. The number of nitrogens with one attached hydrogen (secondary N) is 1. The van der Waals surface area contributed by atoms with E-state index in [1.165, 1.54) is 19.3 Å². The Bertz CT molecular complexity index is 306. The van der Waals surface area contributed by atoms with E-state index in [9.17, 15) is 0 Å². The molecule has 1 aliphatic carbocycles. The third-order valence-electron chi connectivity index (χ3n) is 2.53. The lowest BCUT2D eigenvalue weighted by molar-refractivity contribution is 0.442. The Morgan fingerprint density at radius 2 is 1.92 bits per heavy atom. The summed E-state index contributed by atoms with van der Waals surface area (Å²) in [7, 11) is 0. The van der Waals surface area contributed by atoms with E-state index in [1.807, 2.05) is 13.8 Å². The van der Waals surface area contributed by atoms with Crippen LogP contribution in [-0.4, -0.2) is 21.2 Å². The lowest BCUT2D eigenvalue weighted by atomic mass is 9.93. The van der Waals surface area contributed by atoms with Crippen molar-refractivity contribution in [3.05, 3.63) is 11.4 Å². The average molecular weight is 178 g/mol. The number of hydrogen-bond acceptors (Lipinski definition) is 4. The SMILES string of the molecule is Cc1nnc(NC2CCC2)nc1C. The summed E-state index contributed by atoms with van der Waals surface area (Å²) in [6, 6.07) is 0.573. The maximum absolute atomic E-state index is 4.31. The highest BCUT2D eigenvalue weighted by molar-refractivity contribution is 5.27. The van der Waals surface area contributed by atoms with Crippen LogP contribution in [0.5, 0.6) is 0 Å². The number of aryl methyl sites for hydroxylation is 2. The summed E-state index contributed by atoms with van der Waals surface area (Å²) in [5.74, 6) is 0.674. The monoisotopic (exact) mass is 178 g/mol. The Kier molecular flexibility index (Phi) is 2.12. The van der Waals surface area contributed by atoms with E-state index in [0.717, 1.165) is 11.4 Å². The van der Waals surface area contributed by atoms with Crippen LogP contribution in [0.1, 0.15) is 30.7 Å². The van der Waals surface area contributed by atoms with Crippen LogP contribution in [0.15, 0.2) is 0 Å². The fourth-order valence-corrected chi connectivity index (χ4v) is 1.25. The van der Waals surface area contributed by atoms with Gasteiger partial charge in [0.25, 0.3) is 0 Å². The molecule has 1 fully saturated rings. The third kappa shape index (κ3) is 1.76. The number of rotatable bonds is 2. The minimum absolute atomic E-state index is 0.573. The predicted octanol–water partition coefficient (Wildman–Crippen LogP) is 1.45. The highest BCUT2D eigenvalue weighted by atomic mass is 15.2. The fourth-order valence-electron chi connectivity index (χ4n) is 1.25. The van der Waals surface area contributed by atoms with Crippen LogP contribution < -0.4 is 5.32 Å². The van der Waals surface area contributed by atoms with Crippen molar-refractivity contribution in [2.45, 2.75) is 39.2 Å². The molecular weight excluding hydrogens is 164 g/mol. The third-order valence-corrected chi connectivity index (χ3v) is 2.53. The van der Waals surface area contributed by atoms with Crippen molar-refractivity contribution in [3.8, 4) is 0 Å². The molecule has 1 aromatic heterocycles. The number of nitrogens with zero attached hydrogens (tertiary/aromatic N) is 3. The molecule has 0 atom stereocenters. The molecule has 70 valence electrons. The van der Waals surface area contributed by atoms with Gasteiger partial charge in [0.15, 0.2) is 0 Å². The van der Waals surface area contributed by atoms with E-state index < -0.39 is 0 Å². The zero-order chi connectivity index (χ0) is 9.26. The first-order chi connectivity index (χ1) is 6.25. The first-order valence-corrected chi connectivity index (χ1v) is 4.70. The standard InChI is InChI=1S/C9H14N4/c1-6-7(2)12-13-9(10-6)11-8-4-3-5-8/h8H,3-5H2,1-2H3,(H,10,11,13). The van der Waals surface area contributed by atoms with Crippen molar-refractivity contribution < 1.29 is 0 Å². The molecule has 0 aromatic carbocycles. The van der Waals surface area contributed by atoms with Gasteiger partial charge in [-0.05, 0) is 33.1 Å². The van der Waals surface area contributed by atoms with E-state index in [2.05, 4.69) is 20.5 Å². The van der Waals surface area contributed by atoms with Crippen LogP contribution in [0, 0.1) is 13.8 Å². The summed E-state index contributed by atoms with van der Waals surface area (Å²) < 4.78 is 0. The molecule has 1 aliphatic rings. The van der Waals surface area contributed by atoms with E-state index in [1.54, 1.807) is 0 Å². The van der Waals surface area contributed by atoms with Crippen molar-refractivity contribution in [3.63, 3.8) is 0 Å². The summed E-state index contributed by atoms with van der Waals surface area (Å²) in [5, 5.41) is 11.3. The van der Waals surface area contributed by atoms with Gasteiger partial charge in [-0.1, -0.05) is 0 Å². The Labute approximate surface area is 77.8 Å². The molecule has 1 saturated carbocycles. The highest BCUT2D eigenvalue weighted by Crippen LogP contribution is 2.21. The van der Waals surface area contributed by atoms with E-state index in [-0.39, 0.29) is 0 Å². The van der Waals surface area contributed by atoms with Crippen LogP contribution >= 0.6 is 0 Å². The Morgan fingerprint density at radius 3 is 2.46 bits per heavy atom. The zero-order valence-electron chi connectivity index (χ0n) is 8.04. The second-order valence-corrected chi connectivity index (χ2v) is 3.58. The average Bonchev–Trinajstić information content (AvgIpc) is 2.04. The van der Waals surface area contributed by atoms with Gasteiger partial charge in [-0.3, -0.25) is 0 Å². The largest absolute Gasteiger partial charge is 0.350 e. The normalized spacial score (nSPS) is 16.8. The molecule has 0 amide bonds. The van der Waals surface area contributed by atoms with Gasteiger partial charge in [0.05, 0.1) is 11.4 Å². The summed E-state index contributed by atoms with van der Waals surface area (Å²) in [6.45, 7) is 3.87. The summed E-state index contributed by atoms with van der Waals surface area (Å²) in [6.07, 6.45) is 3.78. The van der Waals surface area contributed by atoms with Crippen molar-refractivity contribution in [1.29, 1.82) is 0 Å². The molecule has 4 nitrogen and oxygen atoms in total. The van der Waals surface area contributed by atoms with Crippen molar-refractivity contribution in [2.24, 2.45) is 0 Å². The molecule has 1 heterocycles. The smallest absolute Gasteiger partial charge is 0.243 e. The number of anilines is 1. The van der Waals surface area contributed by atoms with Gasteiger partial charge in [0, 0.05) is 6.04 Å². The molecule has 13 heavy (non-hydrogen) atoms. The molecular formula is C9H14N4. The molecule has 0 bridgehead atoms. The molecule has 4 heteroatoms. The Morgan fingerprint density at radius 1 is 1.15 bits per heavy atom. The van der Waals surface area contributed by atoms with Gasteiger partial charge in [-0.2, -0.15) is 5.10 Å². The van der Waals surface area contributed by atoms with Gasteiger partial charge in [0.2, 0.25) is 5.95 Å². The fraction of sp³-hybridized carbons (Fsp3) is 0.667. The molecule has 1 aromatic rings. The Hall–Kier alpha value is -1.19. The van der Waals surface area contributed by atoms with E-state index >= 15 is 0 Å². The van der Waals surface area contributed by atoms with Crippen LogP contribution in [0.3, 0.4) is 0 Å². The van der Waals surface area contributed by atoms with Crippen LogP contribution in [0.25, 0.3) is 0 Å². The van der Waals surface area contributed by atoms with Gasteiger partial charge in [-0.25, -0.2) is 4.98 Å². The van der Waals surface area contributed by atoms with E-state index in [4.69, 9.17) is 0 Å². The summed E-state index contributed by atoms with van der Waals surface area (Å²) in [5.41, 5.74) is 1.86. The predicted molar refractivity (Wildman–Crippen MR) is 50.6 cm³/mol. The van der Waals surface area contributed by atoms with Gasteiger partial charge in [-0.15, -0.1) is 5.10 Å². The first-order valence-electron chi connectivity index (χ1n) is 4.70.